The third-order valence-corrected chi connectivity index (χ3v) is 4.58. The second-order valence-corrected chi connectivity index (χ2v) is 7.13. The summed E-state index contributed by atoms with van der Waals surface area (Å²) in [5.41, 5.74) is 3.68. The standard InChI is InChI=1S/C20H20BrN3O3/c1-4-8-27-20(26)14-6-5-7-15(10-14)23-19(25)17-13(3)22-18-16(21)9-12(2)11-24(17)18/h5-7,9-11H,4,8H2,1-3H3,(H,23,25). The normalized spacial score (nSPS) is 10.8. The number of hydrogen-bond acceptors (Lipinski definition) is 4. The van der Waals surface area contributed by atoms with Crippen molar-refractivity contribution in [2.75, 3.05) is 11.9 Å². The van der Waals surface area contributed by atoms with E-state index in [9.17, 15) is 9.59 Å². The van der Waals surface area contributed by atoms with Crippen LogP contribution in [0.25, 0.3) is 5.65 Å². The fraction of sp³-hybridized carbons (Fsp3) is 0.250. The van der Waals surface area contributed by atoms with Crippen molar-refractivity contribution in [1.29, 1.82) is 0 Å². The number of carbonyl (C=O) groups excluding carboxylic acids is 2. The number of nitrogens with one attached hydrogen (secondary N) is 1. The number of pyridine rings is 1. The molecule has 27 heavy (non-hydrogen) atoms. The van der Waals surface area contributed by atoms with Gasteiger partial charge in [-0.05, 0) is 66.0 Å². The molecule has 0 bridgehead atoms. The molecule has 2 heterocycles. The van der Waals surface area contributed by atoms with E-state index in [0.29, 0.717) is 34.9 Å². The summed E-state index contributed by atoms with van der Waals surface area (Å²) in [6, 6.07) is 8.66. The quantitative estimate of drug-likeness (QED) is 0.604. The lowest BCUT2D eigenvalue weighted by atomic mass is 10.2. The van der Waals surface area contributed by atoms with E-state index in [2.05, 4.69) is 26.2 Å². The number of aryl methyl sites for hydroxylation is 2. The van der Waals surface area contributed by atoms with Crippen LogP contribution in [-0.4, -0.2) is 27.9 Å². The van der Waals surface area contributed by atoms with E-state index in [4.69, 9.17) is 4.74 Å². The molecule has 1 amide bonds. The number of aromatic nitrogens is 2. The van der Waals surface area contributed by atoms with Gasteiger partial charge >= 0.3 is 5.97 Å². The second kappa shape index (κ2) is 7.92. The predicted octanol–water partition coefficient (Wildman–Crippen LogP) is 4.53. The van der Waals surface area contributed by atoms with Crippen molar-refractivity contribution >= 4 is 39.1 Å². The average Bonchev–Trinajstić information content (AvgIpc) is 2.96. The molecule has 3 rings (SSSR count). The van der Waals surface area contributed by atoms with Gasteiger partial charge in [0.05, 0.1) is 22.3 Å². The molecule has 0 aliphatic rings. The first kappa shape index (κ1) is 19.1. The minimum atomic E-state index is -0.404. The molecule has 0 saturated heterocycles. The molecule has 0 aliphatic heterocycles. The summed E-state index contributed by atoms with van der Waals surface area (Å²) in [5, 5.41) is 2.84. The van der Waals surface area contributed by atoms with Crippen molar-refractivity contribution in [1.82, 2.24) is 9.38 Å². The SMILES string of the molecule is CCCOC(=O)c1cccc(NC(=O)c2c(C)nc3c(Br)cc(C)cn23)c1. The zero-order chi connectivity index (χ0) is 19.6. The molecule has 6 nitrogen and oxygen atoms in total. The second-order valence-electron chi connectivity index (χ2n) is 6.28. The number of halogens is 1. The number of ether oxygens (including phenoxy) is 1. The van der Waals surface area contributed by atoms with Gasteiger partial charge < -0.3 is 10.1 Å². The summed E-state index contributed by atoms with van der Waals surface area (Å²) in [5.74, 6) is -0.699. The van der Waals surface area contributed by atoms with Gasteiger partial charge in [-0.1, -0.05) is 13.0 Å². The summed E-state index contributed by atoms with van der Waals surface area (Å²) >= 11 is 3.49. The van der Waals surface area contributed by atoms with Gasteiger partial charge in [0.15, 0.2) is 5.65 Å². The number of rotatable bonds is 5. The molecule has 1 N–H and O–H groups in total. The third kappa shape index (κ3) is 4.03. The molecule has 0 aliphatic carbocycles. The molecule has 140 valence electrons. The minimum absolute atomic E-state index is 0.295. The maximum atomic E-state index is 12.9. The van der Waals surface area contributed by atoms with Crippen LogP contribution < -0.4 is 5.32 Å². The van der Waals surface area contributed by atoms with Crippen LogP contribution >= 0.6 is 15.9 Å². The van der Waals surface area contributed by atoms with E-state index in [-0.39, 0.29) is 5.91 Å². The van der Waals surface area contributed by atoms with E-state index in [0.717, 1.165) is 16.5 Å². The monoisotopic (exact) mass is 429 g/mol. The Hall–Kier alpha value is -2.67. The highest BCUT2D eigenvalue weighted by molar-refractivity contribution is 9.10. The van der Waals surface area contributed by atoms with Crippen molar-refractivity contribution < 1.29 is 14.3 Å². The first-order valence-corrected chi connectivity index (χ1v) is 9.43. The number of carbonyl (C=O) groups is 2. The topological polar surface area (TPSA) is 72.7 Å². The highest BCUT2D eigenvalue weighted by Gasteiger charge is 2.19. The molecule has 1 aromatic carbocycles. The Morgan fingerprint density at radius 1 is 1.26 bits per heavy atom. The Balaban J connectivity index is 1.89. The Labute approximate surface area is 165 Å². The zero-order valence-corrected chi connectivity index (χ0v) is 17.0. The number of amides is 1. The van der Waals surface area contributed by atoms with Gasteiger partial charge in [-0.2, -0.15) is 0 Å². The van der Waals surface area contributed by atoms with Crippen LogP contribution in [0.2, 0.25) is 0 Å². The minimum Gasteiger partial charge on any atom is -0.462 e. The first-order chi connectivity index (χ1) is 12.9. The number of esters is 1. The fourth-order valence-corrected chi connectivity index (χ4v) is 3.45. The lowest BCUT2D eigenvalue weighted by Gasteiger charge is -2.09. The number of benzene rings is 1. The maximum absolute atomic E-state index is 12.9. The Kier molecular flexibility index (Phi) is 5.60. The van der Waals surface area contributed by atoms with Crippen molar-refractivity contribution in [2.24, 2.45) is 0 Å². The summed E-state index contributed by atoms with van der Waals surface area (Å²) < 4.78 is 7.73. The average molecular weight is 430 g/mol. The maximum Gasteiger partial charge on any atom is 0.338 e. The number of hydrogen-bond donors (Lipinski definition) is 1. The number of fused-ring (bicyclic) bond motifs is 1. The molecule has 3 aromatic rings. The first-order valence-electron chi connectivity index (χ1n) is 8.64. The zero-order valence-electron chi connectivity index (χ0n) is 15.4. The lowest BCUT2D eigenvalue weighted by molar-refractivity contribution is 0.0505. The fourth-order valence-electron chi connectivity index (χ4n) is 2.81. The van der Waals surface area contributed by atoms with E-state index in [1.165, 1.54) is 0 Å². The van der Waals surface area contributed by atoms with Gasteiger partial charge in [0.25, 0.3) is 5.91 Å². The summed E-state index contributed by atoms with van der Waals surface area (Å²) in [6.07, 6.45) is 2.62. The number of imidazole rings is 1. The molecule has 7 heteroatoms. The smallest absolute Gasteiger partial charge is 0.338 e. The van der Waals surface area contributed by atoms with Gasteiger partial charge in [-0.15, -0.1) is 0 Å². The number of anilines is 1. The summed E-state index contributed by atoms with van der Waals surface area (Å²) in [7, 11) is 0. The van der Waals surface area contributed by atoms with E-state index in [1.54, 1.807) is 35.6 Å². The van der Waals surface area contributed by atoms with Gasteiger partial charge in [0.2, 0.25) is 0 Å². The van der Waals surface area contributed by atoms with Crippen molar-refractivity contribution in [3.8, 4) is 0 Å². The molecule has 0 spiro atoms. The van der Waals surface area contributed by atoms with Crippen molar-refractivity contribution in [2.45, 2.75) is 27.2 Å². The summed E-state index contributed by atoms with van der Waals surface area (Å²) in [4.78, 5) is 29.4. The van der Waals surface area contributed by atoms with Gasteiger partial charge in [0.1, 0.15) is 5.69 Å². The molecule has 2 aromatic heterocycles. The molecular formula is C20H20BrN3O3. The summed E-state index contributed by atoms with van der Waals surface area (Å²) in [6.45, 7) is 6.04. The Morgan fingerprint density at radius 2 is 2.04 bits per heavy atom. The molecule has 0 saturated carbocycles. The lowest BCUT2D eigenvalue weighted by Crippen LogP contribution is -2.16. The molecule has 0 radical (unpaired) electrons. The molecule has 0 fully saturated rings. The van der Waals surface area contributed by atoms with E-state index >= 15 is 0 Å². The van der Waals surface area contributed by atoms with Crippen LogP contribution in [0.3, 0.4) is 0 Å². The number of nitrogens with zero attached hydrogens (tertiary/aromatic N) is 2. The van der Waals surface area contributed by atoms with Crippen LogP contribution in [-0.2, 0) is 4.74 Å². The van der Waals surface area contributed by atoms with Crippen LogP contribution in [0.5, 0.6) is 0 Å². The Bertz CT molecular complexity index is 1030. The van der Waals surface area contributed by atoms with Gasteiger partial charge in [0, 0.05) is 11.9 Å². The Morgan fingerprint density at radius 3 is 2.78 bits per heavy atom. The van der Waals surface area contributed by atoms with Crippen LogP contribution in [0.4, 0.5) is 5.69 Å². The third-order valence-electron chi connectivity index (χ3n) is 3.99. The predicted molar refractivity (Wildman–Crippen MR) is 107 cm³/mol. The van der Waals surface area contributed by atoms with E-state index in [1.807, 2.05) is 26.1 Å². The van der Waals surface area contributed by atoms with Crippen molar-refractivity contribution in [3.63, 3.8) is 0 Å². The molecule has 0 unspecified atom stereocenters. The van der Waals surface area contributed by atoms with Crippen molar-refractivity contribution in [3.05, 3.63) is 63.5 Å². The van der Waals surface area contributed by atoms with Crippen LogP contribution in [0, 0.1) is 13.8 Å². The molecule has 0 atom stereocenters. The van der Waals surface area contributed by atoms with E-state index < -0.39 is 5.97 Å². The van der Waals surface area contributed by atoms with Gasteiger partial charge in [-0.3, -0.25) is 9.20 Å². The van der Waals surface area contributed by atoms with Gasteiger partial charge in [-0.25, -0.2) is 9.78 Å². The highest BCUT2D eigenvalue weighted by atomic mass is 79.9. The van der Waals surface area contributed by atoms with Crippen LogP contribution in [0.1, 0.15) is 45.4 Å². The highest BCUT2D eigenvalue weighted by Crippen LogP contribution is 2.23. The van der Waals surface area contributed by atoms with Crippen LogP contribution in [0.15, 0.2) is 41.0 Å². The molecular weight excluding hydrogens is 410 g/mol. The largest absolute Gasteiger partial charge is 0.462 e.